The third-order valence-electron chi connectivity index (χ3n) is 7.98. The Kier molecular flexibility index (Phi) is 4.79. The first-order valence-electron chi connectivity index (χ1n) is 11.3. The fourth-order valence-corrected chi connectivity index (χ4v) is 7.08. The lowest BCUT2D eigenvalue weighted by Crippen LogP contribution is -2.62. The van der Waals surface area contributed by atoms with Gasteiger partial charge in [0.25, 0.3) is 11.6 Å². The number of rotatable bonds is 5. The Balaban J connectivity index is 1.42. The molecule has 0 unspecified atom stereocenters. The van der Waals surface area contributed by atoms with Crippen molar-refractivity contribution in [3.8, 4) is 0 Å². The van der Waals surface area contributed by atoms with Crippen LogP contribution in [0.5, 0.6) is 0 Å². The molecule has 4 saturated carbocycles. The molecule has 1 aliphatic heterocycles. The molecule has 0 radical (unpaired) electrons. The van der Waals surface area contributed by atoms with Crippen molar-refractivity contribution in [1.82, 2.24) is 10.2 Å². The summed E-state index contributed by atoms with van der Waals surface area (Å²) in [5.74, 6) is 1.81. The van der Waals surface area contributed by atoms with Crippen molar-refractivity contribution in [2.75, 3.05) is 13.1 Å². The molecule has 2 amide bonds. The smallest absolute Gasteiger partial charge is 0.269 e. The molecule has 160 valence electrons. The van der Waals surface area contributed by atoms with Crippen molar-refractivity contribution in [1.29, 1.82) is 0 Å². The molecule has 0 aromatic heterocycles. The van der Waals surface area contributed by atoms with E-state index in [9.17, 15) is 19.7 Å². The fourth-order valence-electron chi connectivity index (χ4n) is 7.08. The predicted molar refractivity (Wildman–Crippen MR) is 111 cm³/mol. The second kappa shape index (κ2) is 7.36. The van der Waals surface area contributed by atoms with Crippen molar-refractivity contribution in [2.24, 2.45) is 23.2 Å². The van der Waals surface area contributed by atoms with Gasteiger partial charge in [0.15, 0.2) is 0 Å². The van der Waals surface area contributed by atoms with E-state index in [1.165, 1.54) is 43.5 Å². The molecular formula is C23H29N3O4. The highest BCUT2D eigenvalue weighted by Gasteiger charge is 2.57. The summed E-state index contributed by atoms with van der Waals surface area (Å²) in [7, 11) is 0. The quantitative estimate of drug-likeness (QED) is 0.593. The van der Waals surface area contributed by atoms with Crippen molar-refractivity contribution in [3.05, 3.63) is 39.9 Å². The summed E-state index contributed by atoms with van der Waals surface area (Å²) >= 11 is 0. The van der Waals surface area contributed by atoms with Crippen LogP contribution in [0.15, 0.2) is 24.3 Å². The number of benzene rings is 1. The third kappa shape index (κ3) is 3.38. The Bertz CT molecular complexity index is 824. The maximum absolute atomic E-state index is 13.6. The molecule has 1 N–H and O–H groups in total. The number of hydrogen-bond donors (Lipinski definition) is 1. The van der Waals surface area contributed by atoms with Crippen LogP contribution in [-0.2, 0) is 4.79 Å². The average molecular weight is 412 g/mol. The minimum atomic E-state index is -0.494. The Hall–Kier alpha value is -2.44. The van der Waals surface area contributed by atoms with Crippen LogP contribution < -0.4 is 5.32 Å². The van der Waals surface area contributed by atoms with E-state index in [-0.39, 0.29) is 22.9 Å². The zero-order valence-electron chi connectivity index (χ0n) is 17.2. The lowest BCUT2D eigenvalue weighted by molar-refractivity contribution is -0.384. The zero-order chi connectivity index (χ0) is 20.9. The monoisotopic (exact) mass is 411 g/mol. The van der Waals surface area contributed by atoms with Gasteiger partial charge in [0.05, 0.1) is 4.92 Å². The number of non-ortho nitro benzene ring substituents is 1. The first kappa shape index (κ1) is 19.5. The van der Waals surface area contributed by atoms with E-state index in [2.05, 4.69) is 5.32 Å². The lowest BCUT2D eigenvalue weighted by Gasteiger charge is -2.59. The van der Waals surface area contributed by atoms with Gasteiger partial charge in [-0.2, -0.15) is 0 Å². The van der Waals surface area contributed by atoms with Gasteiger partial charge < -0.3 is 10.2 Å². The van der Waals surface area contributed by atoms with Gasteiger partial charge in [0, 0.05) is 36.2 Å². The second-order valence-corrected chi connectivity index (χ2v) is 10.0. The summed E-state index contributed by atoms with van der Waals surface area (Å²) < 4.78 is 0. The molecule has 4 aliphatic carbocycles. The van der Waals surface area contributed by atoms with Crippen LogP contribution in [0.4, 0.5) is 5.69 Å². The third-order valence-corrected chi connectivity index (χ3v) is 7.98. The highest BCUT2D eigenvalue weighted by atomic mass is 16.6. The molecule has 6 rings (SSSR count). The molecule has 1 aromatic carbocycles. The van der Waals surface area contributed by atoms with Crippen molar-refractivity contribution in [3.63, 3.8) is 0 Å². The number of hydrogen-bond acceptors (Lipinski definition) is 4. The van der Waals surface area contributed by atoms with Crippen LogP contribution in [0, 0.1) is 33.3 Å². The van der Waals surface area contributed by atoms with Gasteiger partial charge in [-0.1, -0.05) is 0 Å². The van der Waals surface area contributed by atoms with Gasteiger partial charge in [-0.15, -0.1) is 0 Å². The SMILES string of the molecule is O=C(N[C@@H](C(=O)N1CCCC1)C12CC3CC(CC(C3)C1)C2)c1ccc([N+](=O)[O-])cc1. The van der Waals surface area contributed by atoms with Crippen LogP contribution in [0.2, 0.25) is 0 Å². The van der Waals surface area contributed by atoms with Gasteiger partial charge in [0.2, 0.25) is 5.91 Å². The molecule has 1 heterocycles. The van der Waals surface area contributed by atoms with Gasteiger partial charge in [0.1, 0.15) is 6.04 Å². The number of amides is 2. The van der Waals surface area contributed by atoms with Gasteiger partial charge in [-0.25, -0.2) is 0 Å². The Labute approximate surface area is 176 Å². The van der Waals surface area contributed by atoms with Crippen LogP contribution >= 0.6 is 0 Å². The van der Waals surface area contributed by atoms with E-state index in [0.29, 0.717) is 23.3 Å². The fraction of sp³-hybridized carbons (Fsp3) is 0.652. The van der Waals surface area contributed by atoms with Crippen molar-refractivity contribution >= 4 is 17.5 Å². The van der Waals surface area contributed by atoms with E-state index in [1.54, 1.807) is 0 Å². The number of carbonyl (C=O) groups is 2. The maximum Gasteiger partial charge on any atom is 0.269 e. The molecule has 1 atom stereocenters. The number of nitro benzene ring substituents is 1. The number of nitro groups is 1. The molecule has 4 bridgehead atoms. The first-order valence-corrected chi connectivity index (χ1v) is 11.3. The van der Waals surface area contributed by atoms with Crippen molar-refractivity contribution in [2.45, 2.75) is 57.4 Å². The summed E-state index contributed by atoms with van der Waals surface area (Å²) in [5.41, 5.74) is 0.187. The molecule has 0 spiro atoms. The first-order chi connectivity index (χ1) is 14.4. The molecule has 7 heteroatoms. The number of likely N-dealkylation sites (tertiary alicyclic amines) is 1. The Morgan fingerprint density at radius 2 is 1.53 bits per heavy atom. The molecule has 7 nitrogen and oxygen atoms in total. The van der Waals surface area contributed by atoms with Crippen LogP contribution in [0.25, 0.3) is 0 Å². The normalized spacial score (nSPS) is 32.8. The van der Waals surface area contributed by atoms with Crippen molar-refractivity contribution < 1.29 is 14.5 Å². The lowest BCUT2D eigenvalue weighted by atomic mass is 9.47. The maximum atomic E-state index is 13.6. The zero-order valence-corrected chi connectivity index (χ0v) is 17.2. The minimum absolute atomic E-state index is 0.0441. The predicted octanol–water partition coefficient (Wildman–Crippen LogP) is 3.53. The summed E-state index contributed by atoms with van der Waals surface area (Å²) in [6, 6.07) is 5.15. The molecule has 30 heavy (non-hydrogen) atoms. The molecule has 5 fully saturated rings. The van der Waals surface area contributed by atoms with Crippen LogP contribution in [-0.4, -0.2) is 40.8 Å². The summed E-state index contributed by atoms with van der Waals surface area (Å²) in [4.78, 5) is 39.1. The summed E-state index contributed by atoms with van der Waals surface area (Å²) in [6.07, 6.45) is 8.98. The van der Waals surface area contributed by atoms with E-state index in [4.69, 9.17) is 0 Å². The Morgan fingerprint density at radius 3 is 2.03 bits per heavy atom. The second-order valence-electron chi connectivity index (χ2n) is 10.0. The molecule has 1 aromatic rings. The Morgan fingerprint density at radius 1 is 1.00 bits per heavy atom. The molecular weight excluding hydrogens is 382 g/mol. The summed E-state index contributed by atoms with van der Waals surface area (Å²) in [5, 5.41) is 14.0. The van der Waals surface area contributed by atoms with E-state index < -0.39 is 11.0 Å². The van der Waals surface area contributed by atoms with Gasteiger partial charge in [-0.05, 0) is 81.3 Å². The topological polar surface area (TPSA) is 92.6 Å². The standard InChI is InChI=1S/C23H29N3O4/c27-21(18-3-5-19(6-4-18)26(29)30)24-20(22(28)25-7-1-2-8-25)23-12-15-9-16(13-23)11-17(10-15)14-23/h3-6,15-17,20H,1-2,7-14H2,(H,24,27)/t15?,16?,17?,20-,23?/m0/s1. The highest BCUT2D eigenvalue weighted by Crippen LogP contribution is 2.61. The molecule has 5 aliphatic rings. The van der Waals surface area contributed by atoms with E-state index in [0.717, 1.165) is 45.2 Å². The van der Waals surface area contributed by atoms with E-state index >= 15 is 0 Å². The number of nitrogens with one attached hydrogen (secondary N) is 1. The van der Waals surface area contributed by atoms with Gasteiger partial charge in [-0.3, -0.25) is 19.7 Å². The van der Waals surface area contributed by atoms with E-state index in [1.807, 2.05) is 4.90 Å². The minimum Gasteiger partial charge on any atom is -0.341 e. The number of carbonyl (C=O) groups excluding carboxylic acids is 2. The summed E-state index contributed by atoms with van der Waals surface area (Å²) in [6.45, 7) is 1.55. The van der Waals surface area contributed by atoms with Gasteiger partial charge >= 0.3 is 0 Å². The van der Waals surface area contributed by atoms with Crippen LogP contribution in [0.1, 0.15) is 61.7 Å². The molecule has 1 saturated heterocycles. The average Bonchev–Trinajstić information content (AvgIpc) is 3.25. The van der Waals surface area contributed by atoms with Crippen LogP contribution in [0.3, 0.4) is 0 Å². The highest BCUT2D eigenvalue weighted by molar-refractivity contribution is 5.98. The largest absolute Gasteiger partial charge is 0.341 e. The number of nitrogens with zero attached hydrogens (tertiary/aromatic N) is 2.